The molecule has 1 unspecified atom stereocenters. The number of halogens is 4. The third-order valence-electron chi connectivity index (χ3n) is 6.05. The van der Waals surface area contributed by atoms with E-state index in [1.54, 1.807) is 35.2 Å². The average molecular weight is 625 g/mol. The molecule has 0 aliphatic heterocycles. The Morgan fingerprint density at radius 3 is 2.55 bits per heavy atom. The highest BCUT2D eigenvalue weighted by Crippen LogP contribution is 2.37. The van der Waals surface area contributed by atoms with Crippen molar-refractivity contribution in [2.45, 2.75) is 38.6 Å². The number of nitrogens with one attached hydrogen (secondary N) is 1. The summed E-state index contributed by atoms with van der Waals surface area (Å²) >= 11 is 7.44. The zero-order chi connectivity index (χ0) is 30.6. The Kier molecular flexibility index (Phi) is 9.39. The number of ether oxygens (including phenoxy) is 1. The van der Waals surface area contributed by atoms with Crippen LogP contribution in [0.15, 0.2) is 54.9 Å². The number of amides is 1. The molecule has 0 saturated heterocycles. The van der Waals surface area contributed by atoms with Crippen molar-refractivity contribution in [3.63, 3.8) is 0 Å². The van der Waals surface area contributed by atoms with Gasteiger partial charge in [-0.3, -0.25) is 9.36 Å². The summed E-state index contributed by atoms with van der Waals surface area (Å²) < 4.78 is 44.4. The molecule has 0 radical (unpaired) electrons. The maximum atomic E-state index is 12.2. The van der Waals surface area contributed by atoms with E-state index in [4.69, 9.17) is 22.1 Å². The van der Waals surface area contributed by atoms with E-state index in [-0.39, 0.29) is 11.4 Å². The van der Waals surface area contributed by atoms with Gasteiger partial charge in [-0.05, 0) is 50.6 Å². The number of hydrogen-bond donors (Lipinski definition) is 2. The number of benzene rings is 2. The molecule has 0 fully saturated rings. The first kappa shape index (κ1) is 30.8. The quantitative estimate of drug-likeness (QED) is 0.185. The highest BCUT2D eigenvalue weighted by atomic mass is 35.5. The third-order valence-corrected chi connectivity index (χ3v) is 7.53. The molecule has 2 atom stereocenters. The number of thiophene rings is 1. The zero-order valence-electron chi connectivity index (χ0n) is 22.1. The standard InChI is InChI=1S/C27H24ClF3N4O6S/c1-14(25(37)40-41-26(38)27(29,30)31)33-10-9-16-7-8-19-20(11-16)35(13-34-19)22-12-21(23(42-22)24(32)36)39-15(2)17-5-3-4-6-18(17)28/h3-8,11-15,33H,9-10H2,1-2H3,(H2,32,36)/t14?,15-/m1/s1. The van der Waals surface area contributed by atoms with Crippen LogP contribution in [0.2, 0.25) is 5.02 Å². The number of imidazole rings is 1. The lowest BCUT2D eigenvalue weighted by Gasteiger charge is -2.16. The van der Waals surface area contributed by atoms with Crippen LogP contribution in [0.5, 0.6) is 5.75 Å². The van der Waals surface area contributed by atoms with Crippen LogP contribution >= 0.6 is 22.9 Å². The van der Waals surface area contributed by atoms with E-state index < -0.39 is 36.2 Å². The maximum Gasteiger partial charge on any atom is 0.495 e. The van der Waals surface area contributed by atoms with Gasteiger partial charge in [0, 0.05) is 16.7 Å². The number of aromatic nitrogens is 2. The molecule has 0 aliphatic rings. The second-order valence-electron chi connectivity index (χ2n) is 9.06. The van der Waals surface area contributed by atoms with E-state index in [0.29, 0.717) is 27.7 Å². The van der Waals surface area contributed by atoms with Crippen molar-refractivity contribution in [2.24, 2.45) is 5.73 Å². The molecule has 15 heteroatoms. The highest BCUT2D eigenvalue weighted by Gasteiger charge is 2.43. The largest absolute Gasteiger partial charge is 0.495 e. The van der Waals surface area contributed by atoms with Crippen molar-refractivity contribution < 1.29 is 42.1 Å². The molecule has 2 aromatic carbocycles. The van der Waals surface area contributed by atoms with Gasteiger partial charge in [0.2, 0.25) is 0 Å². The third kappa shape index (κ3) is 7.19. The summed E-state index contributed by atoms with van der Waals surface area (Å²) in [6.45, 7) is 3.40. The second-order valence-corrected chi connectivity index (χ2v) is 10.5. The minimum absolute atomic E-state index is 0.230. The number of nitrogens with two attached hydrogens (primary N) is 1. The van der Waals surface area contributed by atoms with Gasteiger partial charge >= 0.3 is 18.1 Å². The fraction of sp³-hybridized carbons (Fsp3) is 0.259. The van der Waals surface area contributed by atoms with E-state index in [1.807, 2.05) is 31.2 Å². The number of nitrogens with zero attached hydrogens (tertiary/aromatic N) is 2. The zero-order valence-corrected chi connectivity index (χ0v) is 23.7. The fourth-order valence-corrected chi connectivity index (χ4v) is 5.11. The van der Waals surface area contributed by atoms with Gasteiger partial charge in [-0.2, -0.15) is 13.2 Å². The summed E-state index contributed by atoms with van der Waals surface area (Å²) in [6, 6.07) is 13.4. The molecule has 0 saturated carbocycles. The molecule has 4 aromatic rings. The van der Waals surface area contributed by atoms with Gasteiger partial charge < -0.3 is 15.8 Å². The molecular weight excluding hydrogens is 601 g/mol. The number of primary amides is 1. The average Bonchev–Trinajstić information content (AvgIpc) is 3.55. The molecule has 0 aliphatic carbocycles. The van der Waals surface area contributed by atoms with Crippen molar-refractivity contribution in [1.82, 2.24) is 14.9 Å². The van der Waals surface area contributed by atoms with Crippen LogP contribution in [0.1, 0.15) is 40.8 Å². The van der Waals surface area contributed by atoms with Gasteiger partial charge in [0.1, 0.15) is 34.1 Å². The minimum atomic E-state index is -5.28. The first-order valence-electron chi connectivity index (χ1n) is 12.4. The molecule has 2 heterocycles. The van der Waals surface area contributed by atoms with Gasteiger partial charge in [0.05, 0.1) is 11.0 Å². The van der Waals surface area contributed by atoms with Crippen molar-refractivity contribution in [3.8, 4) is 10.8 Å². The molecule has 2 aromatic heterocycles. The van der Waals surface area contributed by atoms with Gasteiger partial charge in [-0.1, -0.05) is 35.9 Å². The maximum absolute atomic E-state index is 12.2. The lowest BCUT2D eigenvalue weighted by Crippen LogP contribution is -2.38. The molecule has 4 rings (SSSR count). The van der Waals surface area contributed by atoms with Crippen LogP contribution < -0.4 is 15.8 Å². The van der Waals surface area contributed by atoms with Crippen LogP contribution in [0, 0.1) is 0 Å². The van der Waals surface area contributed by atoms with E-state index in [9.17, 15) is 27.6 Å². The number of carbonyl (C=O) groups excluding carboxylic acids is 3. The molecule has 0 bridgehead atoms. The van der Waals surface area contributed by atoms with Crippen LogP contribution in [0.4, 0.5) is 13.2 Å². The molecule has 10 nitrogen and oxygen atoms in total. The molecule has 42 heavy (non-hydrogen) atoms. The lowest BCUT2D eigenvalue weighted by molar-refractivity contribution is -0.286. The van der Waals surface area contributed by atoms with Crippen molar-refractivity contribution in [3.05, 3.63) is 75.9 Å². The van der Waals surface area contributed by atoms with Crippen LogP contribution in [-0.4, -0.2) is 46.2 Å². The summed E-state index contributed by atoms with van der Waals surface area (Å²) in [4.78, 5) is 46.9. The van der Waals surface area contributed by atoms with Crippen molar-refractivity contribution in [1.29, 1.82) is 0 Å². The normalized spacial score (nSPS) is 13.0. The topological polar surface area (TPSA) is 135 Å². The Labute approximate surface area is 246 Å². The Morgan fingerprint density at radius 1 is 1.12 bits per heavy atom. The van der Waals surface area contributed by atoms with Gasteiger partial charge in [-0.25, -0.2) is 24.3 Å². The molecule has 3 N–H and O–H groups in total. The van der Waals surface area contributed by atoms with E-state index in [1.165, 1.54) is 6.92 Å². The summed E-state index contributed by atoms with van der Waals surface area (Å²) in [5, 5.41) is 3.96. The number of carbonyl (C=O) groups is 3. The van der Waals surface area contributed by atoms with E-state index >= 15 is 0 Å². The first-order valence-corrected chi connectivity index (χ1v) is 13.6. The van der Waals surface area contributed by atoms with Crippen LogP contribution in [0.25, 0.3) is 16.0 Å². The smallest absolute Gasteiger partial charge is 0.484 e. The van der Waals surface area contributed by atoms with Gasteiger partial charge in [0.15, 0.2) is 0 Å². The highest BCUT2D eigenvalue weighted by molar-refractivity contribution is 7.16. The van der Waals surface area contributed by atoms with E-state index in [0.717, 1.165) is 28.0 Å². The van der Waals surface area contributed by atoms with E-state index in [2.05, 4.69) is 20.1 Å². The predicted molar refractivity (Wildman–Crippen MR) is 147 cm³/mol. The monoisotopic (exact) mass is 624 g/mol. The number of fused-ring (bicyclic) bond motifs is 1. The summed E-state index contributed by atoms with van der Waals surface area (Å²) in [7, 11) is 0. The van der Waals surface area contributed by atoms with Crippen LogP contribution in [0.3, 0.4) is 0 Å². The molecule has 1 amide bonds. The molecule has 0 spiro atoms. The Bertz CT molecular complexity index is 1620. The molecular formula is C27H24ClF3N4O6S. The number of alkyl halides is 3. The summed E-state index contributed by atoms with van der Waals surface area (Å²) in [5.41, 5.74) is 8.64. The van der Waals surface area contributed by atoms with Crippen LogP contribution in [-0.2, 0) is 25.8 Å². The second kappa shape index (κ2) is 12.8. The predicted octanol–water partition coefficient (Wildman–Crippen LogP) is 5.06. The van der Waals surface area contributed by atoms with Gasteiger partial charge in [-0.15, -0.1) is 11.3 Å². The summed E-state index contributed by atoms with van der Waals surface area (Å²) in [6.07, 6.45) is -3.72. The Hall–Kier alpha value is -4.14. The fourth-order valence-electron chi connectivity index (χ4n) is 3.90. The number of hydrogen-bond acceptors (Lipinski definition) is 9. The summed E-state index contributed by atoms with van der Waals surface area (Å²) in [5.74, 6) is -4.16. The lowest BCUT2D eigenvalue weighted by atomic mass is 10.1. The van der Waals surface area contributed by atoms with Crippen molar-refractivity contribution in [2.75, 3.05) is 6.54 Å². The SMILES string of the molecule is CC(NCCc1ccc2ncn(-c3cc(O[C@H](C)c4ccccc4Cl)c(C(N)=O)s3)c2c1)C(=O)OOC(=O)C(F)(F)F. The van der Waals surface area contributed by atoms with Crippen molar-refractivity contribution >= 4 is 51.8 Å². The Morgan fingerprint density at radius 2 is 1.86 bits per heavy atom. The van der Waals surface area contributed by atoms with Gasteiger partial charge in [0.25, 0.3) is 5.91 Å². The first-order chi connectivity index (χ1) is 19.8. The minimum Gasteiger partial charge on any atom is -0.484 e. The molecule has 222 valence electrons. The number of rotatable bonds is 10. The Balaban J connectivity index is 1.45.